The predicted molar refractivity (Wildman–Crippen MR) is 164 cm³/mol. The highest BCUT2D eigenvalue weighted by molar-refractivity contribution is 5.99. The Bertz CT molecular complexity index is 960. The van der Waals surface area contributed by atoms with Gasteiger partial charge in [0.1, 0.15) is 0 Å². The number of benzene rings is 1. The van der Waals surface area contributed by atoms with Gasteiger partial charge in [0.05, 0.1) is 6.61 Å². The van der Waals surface area contributed by atoms with Crippen LogP contribution in [-0.2, 0) is 29.4 Å². The largest absolute Gasteiger partial charge is 0.465 e. The smallest absolute Gasteiger partial charge is 0.302 e. The molecule has 218 valence electrons. The number of carbonyl (C=O) groups is 2. The lowest BCUT2D eigenvalue weighted by Gasteiger charge is -2.10. The molecular weight excluding hydrogens is 482 g/mol. The zero-order chi connectivity index (χ0) is 28.3. The first-order valence-electron chi connectivity index (χ1n) is 15.8. The van der Waals surface area contributed by atoms with E-state index in [-0.39, 0.29) is 11.8 Å². The zero-order valence-electron chi connectivity index (χ0n) is 25.5. The van der Waals surface area contributed by atoms with Gasteiger partial charge >= 0.3 is 5.97 Å². The van der Waals surface area contributed by atoms with Gasteiger partial charge in [-0.05, 0) is 30.9 Å². The summed E-state index contributed by atoms with van der Waals surface area (Å²) < 4.78 is 7.37. The van der Waals surface area contributed by atoms with Gasteiger partial charge in [0, 0.05) is 43.8 Å². The second-order valence-electron chi connectivity index (χ2n) is 11.3. The van der Waals surface area contributed by atoms with Gasteiger partial charge in [-0.25, -0.2) is 0 Å². The number of ether oxygens (including phenoxy) is 1. The fourth-order valence-corrected chi connectivity index (χ4v) is 5.69. The van der Waals surface area contributed by atoms with Crippen LogP contribution < -0.4 is 0 Å². The maximum Gasteiger partial charge on any atom is 0.302 e. The molecular formula is C35H55NO3. The Morgan fingerprint density at radius 1 is 0.769 bits per heavy atom. The number of rotatable bonds is 22. The van der Waals surface area contributed by atoms with Crippen LogP contribution in [0.1, 0.15) is 149 Å². The third kappa shape index (κ3) is 12.6. The number of Topliss-reactive ketones (excluding diaryl/α,β-unsaturated/α-hetero) is 1. The maximum absolute atomic E-state index is 13.5. The van der Waals surface area contributed by atoms with Crippen LogP contribution in [0.5, 0.6) is 0 Å². The van der Waals surface area contributed by atoms with Crippen LogP contribution in [0.4, 0.5) is 0 Å². The van der Waals surface area contributed by atoms with E-state index in [9.17, 15) is 9.59 Å². The standard InChI is InChI=1S/C35H55NO3/c1-5-6-7-8-9-10-11-12-13-14-15-16-17-18-22-25-34(38)35-29(2)36(4)33(26-27-39-30(3)37)32(35)28-31-23-20-19-21-24-31/h19-21,23-24H,5-18,22,25-28H2,1-4H3. The van der Waals surface area contributed by atoms with Gasteiger partial charge in [-0.15, -0.1) is 0 Å². The minimum absolute atomic E-state index is 0.252. The Hall–Kier alpha value is -2.36. The van der Waals surface area contributed by atoms with Crippen molar-refractivity contribution in [1.29, 1.82) is 0 Å². The monoisotopic (exact) mass is 537 g/mol. The van der Waals surface area contributed by atoms with E-state index in [2.05, 4.69) is 23.6 Å². The maximum atomic E-state index is 13.5. The van der Waals surface area contributed by atoms with E-state index < -0.39 is 0 Å². The Morgan fingerprint density at radius 3 is 1.79 bits per heavy atom. The molecule has 0 aliphatic heterocycles. The molecule has 0 amide bonds. The molecule has 0 saturated heterocycles. The summed E-state index contributed by atoms with van der Waals surface area (Å²) in [7, 11) is 2.03. The first-order chi connectivity index (χ1) is 19.0. The van der Waals surface area contributed by atoms with Crippen molar-refractivity contribution in [2.75, 3.05) is 6.61 Å². The van der Waals surface area contributed by atoms with Gasteiger partial charge in [-0.2, -0.15) is 0 Å². The Balaban J connectivity index is 1.76. The second kappa shape index (κ2) is 19.7. The number of aromatic nitrogens is 1. The molecule has 2 aromatic rings. The molecule has 1 aromatic heterocycles. The molecule has 39 heavy (non-hydrogen) atoms. The lowest BCUT2D eigenvalue weighted by molar-refractivity contribution is -0.140. The summed E-state index contributed by atoms with van der Waals surface area (Å²) in [5.41, 5.74) is 5.28. The lowest BCUT2D eigenvalue weighted by Crippen LogP contribution is -2.09. The number of ketones is 1. The topological polar surface area (TPSA) is 48.3 Å². The van der Waals surface area contributed by atoms with Crippen LogP contribution >= 0.6 is 0 Å². The Morgan fingerprint density at radius 2 is 1.28 bits per heavy atom. The molecule has 2 rings (SSSR count). The summed E-state index contributed by atoms with van der Waals surface area (Å²) in [5, 5.41) is 0. The van der Waals surface area contributed by atoms with Crippen molar-refractivity contribution >= 4 is 11.8 Å². The number of carbonyl (C=O) groups excluding carboxylic acids is 2. The highest BCUT2D eigenvalue weighted by Crippen LogP contribution is 2.28. The molecule has 1 heterocycles. The average molecular weight is 538 g/mol. The fourth-order valence-electron chi connectivity index (χ4n) is 5.69. The van der Waals surface area contributed by atoms with Crippen molar-refractivity contribution in [2.45, 2.75) is 136 Å². The third-order valence-corrected chi connectivity index (χ3v) is 8.07. The number of nitrogens with zero attached hydrogens (tertiary/aromatic N) is 1. The summed E-state index contributed by atoms with van der Waals surface area (Å²) in [4.78, 5) is 24.8. The average Bonchev–Trinajstić information content (AvgIpc) is 3.15. The van der Waals surface area contributed by atoms with Crippen LogP contribution in [0, 0.1) is 6.92 Å². The van der Waals surface area contributed by atoms with E-state index in [1.54, 1.807) is 0 Å². The minimum Gasteiger partial charge on any atom is -0.465 e. The van der Waals surface area contributed by atoms with Crippen LogP contribution in [0.2, 0.25) is 0 Å². The van der Waals surface area contributed by atoms with E-state index >= 15 is 0 Å². The molecule has 0 N–H and O–H groups in total. The molecule has 4 nitrogen and oxygen atoms in total. The molecule has 0 unspecified atom stereocenters. The van der Waals surface area contributed by atoms with Crippen LogP contribution in [-0.4, -0.2) is 22.9 Å². The van der Waals surface area contributed by atoms with Gasteiger partial charge in [0.2, 0.25) is 0 Å². The summed E-state index contributed by atoms with van der Waals surface area (Å²) in [5.74, 6) is -0.0162. The number of unbranched alkanes of at least 4 members (excludes halogenated alkanes) is 14. The van der Waals surface area contributed by atoms with Crippen molar-refractivity contribution in [3.63, 3.8) is 0 Å². The molecule has 0 saturated carbocycles. The van der Waals surface area contributed by atoms with E-state index in [1.165, 1.54) is 96.0 Å². The van der Waals surface area contributed by atoms with Crippen molar-refractivity contribution in [1.82, 2.24) is 4.57 Å². The van der Waals surface area contributed by atoms with Gasteiger partial charge in [-0.3, -0.25) is 9.59 Å². The summed E-state index contributed by atoms with van der Waals surface area (Å²) in [6, 6.07) is 10.3. The second-order valence-corrected chi connectivity index (χ2v) is 11.3. The van der Waals surface area contributed by atoms with Crippen LogP contribution in [0.3, 0.4) is 0 Å². The normalized spacial score (nSPS) is 11.2. The zero-order valence-corrected chi connectivity index (χ0v) is 25.5. The molecule has 0 spiro atoms. The predicted octanol–water partition coefficient (Wildman–Crippen LogP) is 9.47. The number of hydrogen-bond acceptors (Lipinski definition) is 3. The van der Waals surface area contributed by atoms with E-state index in [0.29, 0.717) is 19.4 Å². The highest BCUT2D eigenvalue weighted by Gasteiger charge is 2.23. The molecule has 0 bridgehead atoms. The van der Waals surface area contributed by atoms with Gasteiger partial charge < -0.3 is 9.30 Å². The van der Waals surface area contributed by atoms with Crippen molar-refractivity contribution in [3.05, 3.63) is 58.4 Å². The summed E-state index contributed by atoms with van der Waals surface area (Å²) >= 11 is 0. The van der Waals surface area contributed by atoms with Crippen molar-refractivity contribution < 1.29 is 14.3 Å². The first-order valence-corrected chi connectivity index (χ1v) is 15.8. The highest BCUT2D eigenvalue weighted by atomic mass is 16.5. The van der Waals surface area contributed by atoms with Gasteiger partial charge in [0.15, 0.2) is 5.78 Å². The third-order valence-electron chi connectivity index (χ3n) is 8.07. The summed E-state index contributed by atoms with van der Waals surface area (Å²) in [6.07, 6.45) is 21.8. The lowest BCUT2D eigenvalue weighted by atomic mass is 9.94. The van der Waals surface area contributed by atoms with Crippen LogP contribution in [0.15, 0.2) is 30.3 Å². The molecule has 0 radical (unpaired) electrons. The molecule has 0 fully saturated rings. The molecule has 0 aliphatic rings. The Labute approximate surface area is 238 Å². The van der Waals surface area contributed by atoms with Crippen molar-refractivity contribution in [3.8, 4) is 0 Å². The summed E-state index contributed by atoms with van der Waals surface area (Å²) in [6.45, 7) is 6.10. The SMILES string of the molecule is CCCCCCCCCCCCCCCCCC(=O)c1c(Cc2ccccc2)c(CCOC(C)=O)n(C)c1C. The molecule has 0 aliphatic carbocycles. The van der Waals surface area contributed by atoms with Gasteiger partial charge in [-0.1, -0.05) is 127 Å². The van der Waals surface area contributed by atoms with Crippen molar-refractivity contribution in [2.24, 2.45) is 7.05 Å². The number of esters is 1. The molecule has 4 heteroatoms. The number of hydrogen-bond donors (Lipinski definition) is 0. The Kier molecular flexibility index (Phi) is 16.6. The van der Waals surface area contributed by atoms with E-state index in [0.717, 1.165) is 41.8 Å². The first kappa shape index (κ1) is 32.8. The van der Waals surface area contributed by atoms with E-state index in [1.807, 2.05) is 32.2 Å². The molecule has 0 atom stereocenters. The van der Waals surface area contributed by atoms with Gasteiger partial charge in [0.25, 0.3) is 0 Å². The minimum atomic E-state index is -0.269. The fraction of sp³-hybridized carbons (Fsp3) is 0.657. The van der Waals surface area contributed by atoms with Crippen LogP contribution in [0.25, 0.3) is 0 Å². The quantitative estimate of drug-likeness (QED) is 0.0853. The molecule has 1 aromatic carbocycles. The van der Waals surface area contributed by atoms with E-state index in [4.69, 9.17) is 4.74 Å².